The largest absolute Gasteiger partial charge is 0.338 e. The summed E-state index contributed by atoms with van der Waals surface area (Å²) in [4.78, 5) is 4.65. The number of imidazole rings is 1. The first-order valence-corrected chi connectivity index (χ1v) is 11.3. The zero-order chi connectivity index (χ0) is 23.1. The van der Waals surface area contributed by atoms with E-state index in [-0.39, 0.29) is 0 Å². The lowest BCUT2D eigenvalue weighted by Gasteiger charge is -2.12. The van der Waals surface area contributed by atoms with Crippen molar-refractivity contribution >= 4 is 33.3 Å². The fourth-order valence-electron chi connectivity index (χ4n) is 4.37. The van der Waals surface area contributed by atoms with E-state index >= 15 is 0 Å². The Kier molecular flexibility index (Phi) is 4.81. The van der Waals surface area contributed by atoms with Gasteiger partial charge in [0.15, 0.2) is 5.82 Å². The Labute approximate surface area is 197 Å². The Morgan fingerprint density at radius 3 is 2.32 bits per heavy atom. The van der Waals surface area contributed by atoms with Crippen molar-refractivity contribution in [3.63, 3.8) is 0 Å². The van der Waals surface area contributed by atoms with E-state index in [1.807, 2.05) is 24.5 Å². The number of nitrogens with zero attached hydrogens (tertiary/aromatic N) is 4. The van der Waals surface area contributed by atoms with E-state index in [0.717, 1.165) is 50.3 Å². The van der Waals surface area contributed by atoms with Gasteiger partial charge in [0.05, 0.1) is 16.7 Å². The van der Waals surface area contributed by atoms with Crippen molar-refractivity contribution in [1.82, 2.24) is 19.7 Å². The molecule has 0 amide bonds. The normalized spacial score (nSPS) is 11.2. The molecule has 0 bridgehead atoms. The van der Waals surface area contributed by atoms with Crippen molar-refractivity contribution in [2.45, 2.75) is 13.8 Å². The van der Waals surface area contributed by atoms with Crippen LogP contribution in [-0.4, -0.2) is 19.7 Å². The molecule has 2 heterocycles. The van der Waals surface area contributed by atoms with Crippen molar-refractivity contribution < 1.29 is 0 Å². The molecule has 34 heavy (non-hydrogen) atoms. The summed E-state index contributed by atoms with van der Waals surface area (Å²) in [6.07, 6.45) is 1.88. The van der Waals surface area contributed by atoms with Crippen LogP contribution in [0.15, 0.2) is 97.3 Å². The third kappa shape index (κ3) is 3.48. The Hall–Kier alpha value is -4.51. The summed E-state index contributed by atoms with van der Waals surface area (Å²) in [7, 11) is 0. The van der Waals surface area contributed by atoms with E-state index in [9.17, 15) is 0 Å². The molecule has 0 aliphatic heterocycles. The number of benzene rings is 4. The lowest BCUT2D eigenvalue weighted by atomic mass is 10.0. The smallest absolute Gasteiger partial charge is 0.161 e. The van der Waals surface area contributed by atoms with Crippen LogP contribution in [0.3, 0.4) is 0 Å². The summed E-state index contributed by atoms with van der Waals surface area (Å²) in [6.45, 7) is 4.20. The minimum absolute atomic E-state index is 0.726. The summed E-state index contributed by atoms with van der Waals surface area (Å²) in [6, 6.07) is 31.2. The predicted molar refractivity (Wildman–Crippen MR) is 139 cm³/mol. The zero-order valence-electron chi connectivity index (χ0n) is 19.0. The van der Waals surface area contributed by atoms with Crippen LogP contribution in [0.4, 0.5) is 11.5 Å². The molecular formula is C29H23N5. The van der Waals surface area contributed by atoms with Gasteiger partial charge in [-0.1, -0.05) is 72.3 Å². The molecule has 164 valence electrons. The summed E-state index contributed by atoms with van der Waals surface area (Å²) in [5.74, 6) is 0.726. The van der Waals surface area contributed by atoms with Gasteiger partial charge in [-0.15, -0.1) is 10.2 Å². The van der Waals surface area contributed by atoms with Crippen LogP contribution < -0.4 is 5.32 Å². The molecule has 0 atom stereocenters. The molecule has 6 rings (SSSR count). The molecule has 0 unspecified atom stereocenters. The number of hydrogen-bond donors (Lipinski definition) is 1. The maximum absolute atomic E-state index is 4.65. The van der Waals surface area contributed by atoms with Crippen LogP contribution in [0.25, 0.3) is 38.8 Å². The molecule has 5 nitrogen and oxygen atoms in total. The highest BCUT2D eigenvalue weighted by Crippen LogP contribution is 2.32. The Morgan fingerprint density at radius 2 is 1.50 bits per heavy atom. The minimum atomic E-state index is 0.726. The highest BCUT2D eigenvalue weighted by atomic mass is 15.2. The van der Waals surface area contributed by atoms with Crippen molar-refractivity contribution in [3.8, 4) is 16.9 Å². The lowest BCUT2D eigenvalue weighted by molar-refractivity contribution is 1.06. The Morgan fingerprint density at radius 1 is 0.735 bits per heavy atom. The fourth-order valence-corrected chi connectivity index (χ4v) is 4.37. The van der Waals surface area contributed by atoms with Gasteiger partial charge in [0, 0.05) is 22.0 Å². The maximum Gasteiger partial charge on any atom is 0.161 e. The molecule has 0 aliphatic rings. The van der Waals surface area contributed by atoms with Crippen LogP contribution in [0, 0.1) is 13.8 Å². The molecule has 0 saturated heterocycles. The second-order valence-electron chi connectivity index (χ2n) is 8.54. The molecule has 6 aromatic rings. The highest BCUT2D eigenvalue weighted by molar-refractivity contribution is 6.01. The molecule has 0 saturated carbocycles. The molecule has 4 aromatic carbocycles. The van der Waals surface area contributed by atoms with Crippen molar-refractivity contribution in [2.24, 2.45) is 0 Å². The first kappa shape index (κ1) is 20.1. The first-order chi connectivity index (χ1) is 16.7. The van der Waals surface area contributed by atoms with Gasteiger partial charge in [-0.05, 0) is 43.7 Å². The van der Waals surface area contributed by atoms with Gasteiger partial charge in [-0.25, -0.2) is 4.98 Å². The van der Waals surface area contributed by atoms with Gasteiger partial charge >= 0.3 is 0 Å². The van der Waals surface area contributed by atoms with E-state index < -0.39 is 0 Å². The van der Waals surface area contributed by atoms with E-state index in [0.29, 0.717) is 0 Å². The Balaban J connectivity index is 1.39. The number of anilines is 2. The zero-order valence-corrected chi connectivity index (χ0v) is 19.0. The second kappa shape index (κ2) is 8.12. The van der Waals surface area contributed by atoms with Gasteiger partial charge in [0.25, 0.3) is 0 Å². The molecule has 0 spiro atoms. The molecule has 2 aromatic heterocycles. The molecule has 5 heteroatoms. The van der Waals surface area contributed by atoms with Gasteiger partial charge < -0.3 is 5.32 Å². The Bertz CT molecular complexity index is 1650. The van der Waals surface area contributed by atoms with Crippen molar-refractivity contribution in [1.29, 1.82) is 0 Å². The monoisotopic (exact) mass is 441 g/mol. The summed E-state index contributed by atoms with van der Waals surface area (Å²) in [5, 5.41) is 14.7. The quantitative estimate of drug-likeness (QED) is 0.320. The number of aryl methyl sites for hydroxylation is 2. The SMILES string of the molecule is Cc1ccc(-c2nnc(Nc3ccc4c(c3)ncn4-c3ccccc3C)c3ccccc23)cc1. The highest BCUT2D eigenvalue weighted by Gasteiger charge is 2.12. The molecular weight excluding hydrogens is 418 g/mol. The molecule has 1 N–H and O–H groups in total. The van der Waals surface area contributed by atoms with Gasteiger partial charge in [0.2, 0.25) is 0 Å². The van der Waals surface area contributed by atoms with Crippen LogP contribution >= 0.6 is 0 Å². The average Bonchev–Trinajstić information content (AvgIpc) is 3.28. The third-order valence-corrected chi connectivity index (χ3v) is 6.20. The van der Waals surface area contributed by atoms with Crippen molar-refractivity contribution in [3.05, 3.63) is 108 Å². The van der Waals surface area contributed by atoms with Crippen LogP contribution in [-0.2, 0) is 0 Å². The number of nitrogens with one attached hydrogen (secondary N) is 1. The van der Waals surface area contributed by atoms with E-state index in [2.05, 4.69) is 112 Å². The van der Waals surface area contributed by atoms with Crippen LogP contribution in [0.1, 0.15) is 11.1 Å². The van der Waals surface area contributed by atoms with Crippen LogP contribution in [0.5, 0.6) is 0 Å². The number of para-hydroxylation sites is 1. The van der Waals surface area contributed by atoms with E-state index in [1.54, 1.807) is 0 Å². The molecule has 0 radical (unpaired) electrons. The number of aromatic nitrogens is 4. The molecule has 0 aliphatic carbocycles. The maximum atomic E-state index is 4.65. The van der Waals surface area contributed by atoms with Gasteiger partial charge in [0.1, 0.15) is 12.0 Å². The summed E-state index contributed by atoms with van der Waals surface area (Å²) in [5.41, 5.74) is 8.41. The number of hydrogen-bond acceptors (Lipinski definition) is 4. The fraction of sp³-hybridized carbons (Fsp3) is 0.0690. The molecule has 0 fully saturated rings. The number of fused-ring (bicyclic) bond motifs is 2. The van der Waals surface area contributed by atoms with Gasteiger partial charge in [-0.3, -0.25) is 4.57 Å². The summed E-state index contributed by atoms with van der Waals surface area (Å²) >= 11 is 0. The topological polar surface area (TPSA) is 55.6 Å². The van der Waals surface area contributed by atoms with Crippen molar-refractivity contribution in [2.75, 3.05) is 5.32 Å². The second-order valence-corrected chi connectivity index (χ2v) is 8.54. The van der Waals surface area contributed by atoms with E-state index in [1.165, 1.54) is 11.1 Å². The number of rotatable bonds is 4. The lowest BCUT2D eigenvalue weighted by Crippen LogP contribution is -1.99. The summed E-state index contributed by atoms with van der Waals surface area (Å²) < 4.78 is 2.13. The third-order valence-electron chi connectivity index (χ3n) is 6.20. The van der Waals surface area contributed by atoms with E-state index in [4.69, 9.17) is 0 Å². The minimum Gasteiger partial charge on any atom is -0.338 e. The predicted octanol–water partition coefficient (Wildman–Crippen LogP) is 7.00. The van der Waals surface area contributed by atoms with Gasteiger partial charge in [-0.2, -0.15) is 0 Å². The first-order valence-electron chi connectivity index (χ1n) is 11.3. The standard InChI is InChI=1S/C29H23N5/c1-19-11-13-21(14-12-19)28-23-8-4-5-9-24(23)29(33-32-28)31-22-15-16-27-25(17-22)30-18-34(27)26-10-6-3-7-20(26)2/h3-18H,1-2H3,(H,31,33). The average molecular weight is 442 g/mol. The van der Waals surface area contributed by atoms with Crippen LogP contribution in [0.2, 0.25) is 0 Å².